The third-order valence-corrected chi connectivity index (χ3v) is 16.7. The number of benzene rings is 7. The zero-order valence-corrected chi connectivity index (χ0v) is 35.4. The summed E-state index contributed by atoms with van der Waals surface area (Å²) < 4.78 is 2.44. The molecular formula is C59H54N2. The van der Waals surface area contributed by atoms with Crippen LogP contribution in [0.25, 0.3) is 49.7 Å². The lowest BCUT2D eigenvalue weighted by Gasteiger charge is -2.54. The van der Waals surface area contributed by atoms with Crippen LogP contribution in [0.4, 0.5) is 17.1 Å². The summed E-state index contributed by atoms with van der Waals surface area (Å²) in [6.07, 6.45) is 14.5. The van der Waals surface area contributed by atoms with Crippen molar-refractivity contribution in [2.24, 2.45) is 17.8 Å². The minimum Gasteiger partial charge on any atom is -0.310 e. The first kappa shape index (κ1) is 35.9. The second-order valence-electron chi connectivity index (χ2n) is 19.4. The van der Waals surface area contributed by atoms with E-state index in [0.29, 0.717) is 11.8 Å². The zero-order valence-electron chi connectivity index (χ0n) is 35.4. The average molecular weight is 791 g/mol. The first-order valence-electron chi connectivity index (χ1n) is 23.5. The van der Waals surface area contributed by atoms with Gasteiger partial charge in [-0.15, -0.1) is 0 Å². The quantitative estimate of drug-likeness (QED) is 0.169. The lowest BCUT2D eigenvalue weighted by Crippen LogP contribution is -2.48. The molecule has 0 saturated heterocycles. The van der Waals surface area contributed by atoms with E-state index in [1.807, 2.05) is 0 Å². The van der Waals surface area contributed by atoms with E-state index in [0.717, 1.165) is 5.92 Å². The van der Waals surface area contributed by atoms with Crippen LogP contribution in [-0.4, -0.2) is 4.57 Å². The SMILES string of the molecule is CCC1CC2CCCC(C2)C12c1ccccc1-c1ccc(N(c3ccc4c(c3)-c3ccccc3C43CCCCC3)c3ccc4c(c3)c3ccccc3n4-c3ccccc3)cc12. The minimum absolute atomic E-state index is 0.0522. The summed E-state index contributed by atoms with van der Waals surface area (Å²) in [6.45, 7) is 2.48. The fraction of sp³-hybridized carbons (Fsp3) is 0.288. The molecule has 4 atom stereocenters. The Balaban J connectivity index is 1.06. The van der Waals surface area contributed by atoms with Gasteiger partial charge in [-0.2, -0.15) is 0 Å². The smallest absolute Gasteiger partial charge is 0.0542 e. The van der Waals surface area contributed by atoms with Gasteiger partial charge in [-0.1, -0.05) is 143 Å². The molecule has 3 saturated carbocycles. The van der Waals surface area contributed by atoms with Crippen LogP contribution < -0.4 is 4.90 Å². The predicted molar refractivity (Wildman–Crippen MR) is 255 cm³/mol. The average Bonchev–Trinajstić information content (AvgIpc) is 3.90. The van der Waals surface area contributed by atoms with Gasteiger partial charge in [0, 0.05) is 44.4 Å². The molecule has 300 valence electrons. The molecule has 0 amide bonds. The Kier molecular flexibility index (Phi) is 7.98. The van der Waals surface area contributed by atoms with Crippen LogP contribution in [0.1, 0.15) is 99.8 Å². The monoisotopic (exact) mass is 790 g/mol. The predicted octanol–water partition coefficient (Wildman–Crippen LogP) is 16.0. The van der Waals surface area contributed by atoms with Crippen molar-refractivity contribution in [2.75, 3.05) is 4.90 Å². The molecule has 0 aliphatic heterocycles. The highest BCUT2D eigenvalue weighted by molar-refractivity contribution is 6.10. The van der Waals surface area contributed by atoms with Crippen LogP contribution in [0, 0.1) is 17.8 Å². The van der Waals surface area contributed by atoms with E-state index in [-0.39, 0.29) is 10.8 Å². The fourth-order valence-electron chi connectivity index (χ4n) is 14.4. The molecule has 2 bridgehead atoms. The van der Waals surface area contributed by atoms with Crippen LogP contribution in [-0.2, 0) is 10.8 Å². The third-order valence-electron chi connectivity index (χ3n) is 16.7. The molecule has 0 N–H and O–H groups in total. The Hall–Kier alpha value is -5.86. The van der Waals surface area contributed by atoms with Crippen molar-refractivity contribution in [3.63, 3.8) is 0 Å². The van der Waals surface area contributed by atoms with E-state index in [2.05, 4.69) is 174 Å². The van der Waals surface area contributed by atoms with E-state index < -0.39 is 0 Å². The molecule has 0 radical (unpaired) electrons. The Morgan fingerprint density at radius 2 is 1.16 bits per heavy atom. The number of aromatic nitrogens is 1. The minimum atomic E-state index is 0.0522. The van der Waals surface area contributed by atoms with Crippen molar-refractivity contribution in [3.05, 3.63) is 180 Å². The number of rotatable bonds is 5. The van der Waals surface area contributed by atoms with Crippen molar-refractivity contribution in [3.8, 4) is 27.9 Å². The highest BCUT2D eigenvalue weighted by Crippen LogP contribution is 2.65. The van der Waals surface area contributed by atoms with Gasteiger partial charge in [0.1, 0.15) is 0 Å². The zero-order chi connectivity index (χ0) is 40.3. The molecule has 5 aliphatic rings. The number of anilines is 3. The molecule has 5 aliphatic carbocycles. The third kappa shape index (κ3) is 4.97. The van der Waals surface area contributed by atoms with Gasteiger partial charge in [0.15, 0.2) is 0 Å². The van der Waals surface area contributed by atoms with E-state index >= 15 is 0 Å². The van der Waals surface area contributed by atoms with Crippen molar-refractivity contribution < 1.29 is 0 Å². The second kappa shape index (κ2) is 13.6. The van der Waals surface area contributed by atoms with E-state index in [1.54, 1.807) is 22.3 Å². The summed E-state index contributed by atoms with van der Waals surface area (Å²) in [6, 6.07) is 61.2. The molecule has 2 nitrogen and oxygen atoms in total. The Morgan fingerprint density at radius 1 is 0.508 bits per heavy atom. The van der Waals surface area contributed by atoms with Gasteiger partial charge < -0.3 is 9.47 Å². The van der Waals surface area contributed by atoms with E-state index in [1.165, 1.54) is 137 Å². The molecule has 7 aromatic carbocycles. The van der Waals surface area contributed by atoms with Gasteiger partial charge in [0.25, 0.3) is 0 Å². The van der Waals surface area contributed by atoms with Crippen molar-refractivity contribution in [1.82, 2.24) is 4.57 Å². The normalized spacial score (nSPS) is 22.9. The maximum atomic E-state index is 2.67. The number of fused-ring (bicyclic) bond motifs is 16. The summed E-state index contributed by atoms with van der Waals surface area (Å²) in [4.78, 5) is 2.62. The highest BCUT2D eigenvalue weighted by Gasteiger charge is 2.56. The number of para-hydroxylation sites is 2. The number of nitrogens with zero attached hydrogens (tertiary/aromatic N) is 2. The van der Waals surface area contributed by atoms with Crippen LogP contribution >= 0.6 is 0 Å². The van der Waals surface area contributed by atoms with E-state index in [4.69, 9.17) is 0 Å². The van der Waals surface area contributed by atoms with Crippen LogP contribution in [0.2, 0.25) is 0 Å². The summed E-state index contributed by atoms with van der Waals surface area (Å²) in [7, 11) is 0. The largest absolute Gasteiger partial charge is 0.310 e. The second-order valence-corrected chi connectivity index (χ2v) is 19.4. The summed E-state index contributed by atoms with van der Waals surface area (Å²) >= 11 is 0. The summed E-state index contributed by atoms with van der Waals surface area (Å²) in [5.41, 5.74) is 19.7. The van der Waals surface area contributed by atoms with E-state index in [9.17, 15) is 0 Å². The molecule has 4 unspecified atom stereocenters. The molecule has 1 heterocycles. The molecule has 1 aromatic heterocycles. The Morgan fingerprint density at radius 3 is 2.02 bits per heavy atom. The lowest BCUT2D eigenvalue weighted by atomic mass is 9.50. The van der Waals surface area contributed by atoms with Crippen LogP contribution in [0.15, 0.2) is 158 Å². The lowest BCUT2D eigenvalue weighted by molar-refractivity contribution is 0.0557. The maximum Gasteiger partial charge on any atom is 0.0542 e. The summed E-state index contributed by atoms with van der Waals surface area (Å²) in [5.74, 6) is 2.20. The molecular weight excluding hydrogens is 737 g/mol. The van der Waals surface area contributed by atoms with Crippen molar-refractivity contribution in [2.45, 2.75) is 88.4 Å². The van der Waals surface area contributed by atoms with Crippen molar-refractivity contribution >= 4 is 38.9 Å². The fourth-order valence-corrected chi connectivity index (χ4v) is 14.4. The molecule has 2 heteroatoms. The highest BCUT2D eigenvalue weighted by atomic mass is 15.1. The Labute approximate surface area is 360 Å². The van der Waals surface area contributed by atoms with Crippen LogP contribution in [0.5, 0.6) is 0 Å². The van der Waals surface area contributed by atoms with Gasteiger partial charge in [-0.05, 0) is 155 Å². The first-order valence-corrected chi connectivity index (χ1v) is 23.5. The van der Waals surface area contributed by atoms with Crippen molar-refractivity contribution in [1.29, 1.82) is 0 Å². The van der Waals surface area contributed by atoms with Gasteiger partial charge in [-0.3, -0.25) is 0 Å². The summed E-state index contributed by atoms with van der Waals surface area (Å²) in [5, 5.41) is 2.57. The standard InChI is InChI=1S/C59H54N2/c1-2-40-34-39-16-15-17-41(35-39)59(40)54-24-11-8-20-46(54)48-29-26-45(38-55(48)59)60(43-27-30-53-50(36-43)47-21-7-10-23-52(47)58(53)32-13-4-14-33-58)44-28-31-57-51(37-44)49-22-9-12-25-56(49)61(57)42-18-5-3-6-19-42/h3,5-12,18-31,36-41H,2,4,13-17,32-35H2,1H3. The van der Waals surface area contributed by atoms with Gasteiger partial charge >= 0.3 is 0 Å². The van der Waals surface area contributed by atoms with Gasteiger partial charge in [0.05, 0.1) is 11.0 Å². The molecule has 3 fully saturated rings. The molecule has 61 heavy (non-hydrogen) atoms. The molecule has 2 spiro atoms. The molecule has 8 aromatic rings. The Bertz CT molecular complexity index is 3010. The molecule has 13 rings (SSSR count). The van der Waals surface area contributed by atoms with Gasteiger partial charge in [0.2, 0.25) is 0 Å². The maximum absolute atomic E-state index is 2.67. The van der Waals surface area contributed by atoms with Crippen LogP contribution in [0.3, 0.4) is 0 Å². The number of hydrogen-bond acceptors (Lipinski definition) is 1. The topological polar surface area (TPSA) is 8.17 Å². The first-order chi connectivity index (χ1) is 30.2. The number of hydrogen-bond donors (Lipinski definition) is 0. The van der Waals surface area contributed by atoms with Gasteiger partial charge in [-0.25, -0.2) is 0 Å².